The SMILES string of the molecule is [2H]C(Cn1c(=O)[nH]cc(C(C)=NOC(C)C)c1=O)C(C)C. The van der Waals surface area contributed by atoms with Gasteiger partial charge in [-0.2, -0.15) is 0 Å². The Morgan fingerprint density at radius 1 is 1.45 bits per heavy atom. The summed E-state index contributed by atoms with van der Waals surface area (Å²) in [7, 11) is 0. The van der Waals surface area contributed by atoms with Gasteiger partial charge >= 0.3 is 5.69 Å². The van der Waals surface area contributed by atoms with Crippen molar-refractivity contribution in [3.63, 3.8) is 0 Å². The molecule has 0 aliphatic heterocycles. The van der Waals surface area contributed by atoms with Gasteiger partial charge in [-0.05, 0) is 33.1 Å². The van der Waals surface area contributed by atoms with Crippen molar-refractivity contribution in [3.8, 4) is 0 Å². The first kappa shape index (κ1) is 14.6. The Morgan fingerprint density at radius 2 is 2.10 bits per heavy atom. The molecule has 6 heteroatoms. The fraction of sp³-hybridized carbons (Fsp3) is 0.643. The lowest BCUT2D eigenvalue weighted by Crippen LogP contribution is -2.38. The Balaban J connectivity index is 3.19. The number of H-pyrrole nitrogens is 1. The quantitative estimate of drug-likeness (QED) is 0.637. The van der Waals surface area contributed by atoms with Crippen LogP contribution < -0.4 is 11.2 Å². The molecule has 0 saturated carbocycles. The zero-order valence-electron chi connectivity index (χ0n) is 13.6. The van der Waals surface area contributed by atoms with Gasteiger partial charge in [0.25, 0.3) is 5.56 Å². The van der Waals surface area contributed by atoms with E-state index in [4.69, 9.17) is 6.21 Å². The molecule has 1 aromatic heterocycles. The van der Waals surface area contributed by atoms with Crippen LogP contribution in [-0.4, -0.2) is 21.4 Å². The van der Waals surface area contributed by atoms with Gasteiger partial charge in [0, 0.05) is 14.1 Å². The maximum Gasteiger partial charge on any atom is 0.328 e. The summed E-state index contributed by atoms with van der Waals surface area (Å²) in [6.45, 7) is 9.11. The molecule has 20 heavy (non-hydrogen) atoms. The predicted octanol–water partition coefficient (Wildman–Crippen LogP) is 1.73. The topological polar surface area (TPSA) is 76.4 Å². The van der Waals surface area contributed by atoms with Gasteiger partial charge in [-0.1, -0.05) is 19.0 Å². The van der Waals surface area contributed by atoms with Crippen molar-refractivity contribution in [1.29, 1.82) is 0 Å². The minimum Gasteiger partial charge on any atom is -0.393 e. The molecule has 0 radical (unpaired) electrons. The van der Waals surface area contributed by atoms with Crippen molar-refractivity contribution in [2.75, 3.05) is 0 Å². The molecule has 1 heterocycles. The number of aromatic nitrogens is 2. The van der Waals surface area contributed by atoms with E-state index in [1.165, 1.54) is 6.20 Å². The monoisotopic (exact) mass is 282 g/mol. The van der Waals surface area contributed by atoms with Crippen LogP contribution in [0.25, 0.3) is 0 Å². The lowest BCUT2D eigenvalue weighted by atomic mass is 10.1. The highest BCUT2D eigenvalue weighted by Gasteiger charge is 2.11. The molecule has 1 rings (SSSR count). The van der Waals surface area contributed by atoms with Crippen LogP contribution in [-0.2, 0) is 11.4 Å². The molecule has 1 atom stereocenters. The number of aromatic amines is 1. The van der Waals surface area contributed by atoms with Crippen molar-refractivity contribution in [2.24, 2.45) is 11.1 Å². The number of hydrogen-bond acceptors (Lipinski definition) is 4. The molecule has 0 aliphatic carbocycles. The van der Waals surface area contributed by atoms with E-state index in [9.17, 15) is 9.59 Å². The molecule has 112 valence electrons. The van der Waals surface area contributed by atoms with E-state index in [0.29, 0.717) is 5.71 Å². The number of nitrogens with zero attached hydrogens (tertiary/aromatic N) is 2. The number of rotatable bonds is 6. The van der Waals surface area contributed by atoms with Gasteiger partial charge in [-0.3, -0.25) is 9.36 Å². The molecule has 0 aromatic carbocycles. The van der Waals surface area contributed by atoms with Crippen LogP contribution in [0, 0.1) is 5.92 Å². The van der Waals surface area contributed by atoms with Crippen molar-refractivity contribution >= 4 is 5.71 Å². The third kappa shape index (κ3) is 4.36. The Morgan fingerprint density at radius 3 is 2.65 bits per heavy atom. The lowest BCUT2D eigenvalue weighted by molar-refractivity contribution is 0.0860. The molecular weight excluding hydrogens is 258 g/mol. The van der Waals surface area contributed by atoms with Crippen molar-refractivity contribution < 1.29 is 6.21 Å². The normalized spacial score (nSPS) is 14.6. The third-order valence-electron chi connectivity index (χ3n) is 2.61. The second-order valence-electron chi connectivity index (χ2n) is 5.23. The van der Waals surface area contributed by atoms with Gasteiger partial charge in [-0.15, -0.1) is 0 Å². The summed E-state index contributed by atoms with van der Waals surface area (Å²) in [6, 6.07) is 0. The summed E-state index contributed by atoms with van der Waals surface area (Å²) < 4.78 is 8.95. The number of hydrogen-bond donors (Lipinski definition) is 1. The Hall–Kier alpha value is -1.85. The molecule has 6 nitrogen and oxygen atoms in total. The van der Waals surface area contributed by atoms with E-state index in [-0.39, 0.29) is 24.1 Å². The maximum absolute atomic E-state index is 12.4. The summed E-state index contributed by atoms with van der Waals surface area (Å²) in [4.78, 5) is 31.8. The summed E-state index contributed by atoms with van der Waals surface area (Å²) in [5, 5.41) is 3.87. The average molecular weight is 282 g/mol. The second-order valence-corrected chi connectivity index (χ2v) is 5.23. The Kier molecular flexibility index (Phi) is 5.15. The highest BCUT2D eigenvalue weighted by molar-refractivity contribution is 5.97. The fourth-order valence-electron chi connectivity index (χ4n) is 1.49. The molecular formula is C14H23N3O3. The zero-order valence-corrected chi connectivity index (χ0v) is 12.6. The van der Waals surface area contributed by atoms with E-state index in [2.05, 4.69) is 10.1 Å². The standard InChI is InChI=1S/C14H23N3O3/c1-9(2)6-7-17-13(18)12(8-15-14(17)19)11(5)16-20-10(3)4/h8-10H,6-7H2,1-5H3,(H,15,19)/i6D. The van der Waals surface area contributed by atoms with Crippen LogP contribution in [0.4, 0.5) is 0 Å². The van der Waals surface area contributed by atoms with Gasteiger partial charge in [-0.25, -0.2) is 4.79 Å². The summed E-state index contributed by atoms with van der Waals surface area (Å²) in [6.07, 6.45) is 0.713. The molecule has 0 fully saturated rings. The van der Waals surface area contributed by atoms with Crippen LogP contribution >= 0.6 is 0 Å². The summed E-state index contributed by atoms with van der Waals surface area (Å²) in [5.74, 6) is 0.0546. The van der Waals surface area contributed by atoms with Crippen molar-refractivity contribution in [3.05, 3.63) is 32.6 Å². The highest BCUT2D eigenvalue weighted by Crippen LogP contribution is 2.00. The molecule has 0 bridgehead atoms. The van der Waals surface area contributed by atoms with E-state index < -0.39 is 17.6 Å². The van der Waals surface area contributed by atoms with Gasteiger partial charge in [0.15, 0.2) is 0 Å². The Labute approximate surface area is 119 Å². The van der Waals surface area contributed by atoms with Crippen molar-refractivity contribution in [1.82, 2.24) is 9.55 Å². The van der Waals surface area contributed by atoms with Crippen LogP contribution in [0.2, 0.25) is 0 Å². The molecule has 1 N–H and O–H groups in total. The van der Waals surface area contributed by atoms with Crippen LogP contribution in [0.3, 0.4) is 0 Å². The molecule has 0 spiro atoms. The van der Waals surface area contributed by atoms with Gasteiger partial charge in [0.05, 0.1) is 11.3 Å². The molecule has 0 saturated heterocycles. The number of nitrogens with one attached hydrogen (secondary N) is 1. The van der Waals surface area contributed by atoms with Crippen LogP contribution in [0.5, 0.6) is 0 Å². The average Bonchev–Trinajstić information content (AvgIpc) is 2.40. The minimum absolute atomic E-state index is 0.0536. The first-order valence-electron chi connectivity index (χ1n) is 7.27. The Bertz CT molecular complexity index is 617. The second kappa shape index (κ2) is 7.07. The molecule has 1 unspecified atom stereocenters. The highest BCUT2D eigenvalue weighted by atomic mass is 16.6. The molecule has 0 aliphatic rings. The minimum atomic E-state index is -0.525. The number of oxime groups is 1. The van der Waals surface area contributed by atoms with Crippen LogP contribution in [0.1, 0.15) is 47.9 Å². The first-order valence-corrected chi connectivity index (χ1v) is 6.69. The van der Waals surface area contributed by atoms with Gasteiger partial charge < -0.3 is 9.82 Å². The van der Waals surface area contributed by atoms with Gasteiger partial charge in [0.2, 0.25) is 0 Å². The summed E-state index contributed by atoms with van der Waals surface area (Å²) in [5.41, 5.74) is -0.305. The van der Waals surface area contributed by atoms with E-state index in [1.54, 1.807) is 6.92 Å². The maximum atomic E-state index is 12.4. The van der Waals surface area contributed by atoms with Crippen LogP contribution in [0.15, 0.2) is 20.9 Å². The first-order chi connectivity index (χ1) is 9.73. The zero-order chi connectivity index (χ0) is 16.2. The smallest absolute Gasteiger partial charge is 0.328 e. The van der Waals surface area contributed by atoms with E-state index in [1.807, 2.05) is 27.7 Å². The largest absolute Gasteiger partial charge is 0.393 e. The van der Waals surface area contributed by atoms with Gasteiger partial charge in [0.1, 0.15) is 6.10 Å². The third-order valence-corrected chi connectivity index (χ3v) is 2.61. The summed E-state index contributed by atoms with van der Waals surface area (Å²) >= 11 is 0. The molecule has 0 amide bonds. The molecule has 1 aromatic rings. The van der Waals surface area contributed by atoms with E-state index >= 15 is 0 Å². The van der Waals surface area contributed by atoms with E-state index in [0.717, 1.165) is 4.57 Å². The fourth-order valence-corrected chi connectivity index (χ4v) is 1.49. The van der Waals surface area contributed by atoms with Crippen molar-refractivity contribution in [2.45, 2.75) is 53.7 Å². The lowest BCUT2D eigenvalue weighted by Gasteiger charge is -2.09. The predicted molar refractivity (Wildman–Crippen MR) is 79.2 cm³/mol.